The summed E-state index contributed by atoms with van der Waals surface area (Å²) in [6.07, 6.45) is -3.51. The van der Waals surface area contributed by atoms with Crippen LogP contribution in [0, 0.1) is 17.1 Å². The maximum Gasteiger partial charge on any atom is 0.466 e. The highest BCUT2D eigenvalue weighted by atomic mass is 32.2. The Morgan fingerprint density at radius 1 is 1.23 bits per heavy atom. The molecule has 1 aliphatic heterocycles. The lowest BCUT2D eigenvalue weighted by molar-refractivity contribution is -0.124. The Hall–Kier alpha value is -3.06. The van der Waals surface area contributed by atoms with E-state index in [1.54, 1.807) is 6.07 Å². The molecule has 10 heteroatoms. The van der Waals surface area contributed by atoms with Crippen molar-refractivity contribution < 1.29 is 35.9 Å². The van der Waals surface area contributed by atoms with Crippen LogP contribution in [-0.2, 0) is 9.84 Å². The number of ketones is 1. The predicted octanol–water partition coefficient (Wildman–Crippen LogP) is 3.06. The highest BCUT2D eigenvalue weighted by Crippen LogP contribution is 2.47. The number of halogens is 3. The van der Waals surface area contributed by atoms with Gasteiger partial charge in [-0.05, 0) is 24.3 Å². The highest BCUT2D eigenvalue weighted by Gasteiger charge is 2.53. The second-order valence-corrected chi connectivity index (χ2v) is 7.36. The van der Waals surface area contributed by atoms with Crippen LogP contribution < -0.4 is 9.47 Å². The third-order valence-corrected chi connectivity index (χ3v) is 4.57. The number of Topliss-reactive ketones (excluding diaryl/α,β-unsaturated/α-hetero) is 1. The van der Waals surface area contributed by atoms with E-state index in [1.165, 1.54) is 0 Å². The van der Waals surface area contributed by atoms with Gasteiger partial charge in [0.1, 0.15) is 11.6 Å². The maximum atomic E-state index is 13.7. The van der Waals surface area contributed by atoms with Crippen molar-refractivity contribution in [2.24, 2.45) is 0 Å². The summed E-state index contributed by atoms with van der Waals surface area (Å²) >= 11 is 0. The number of rotatable bonds is 3. The van der Waals surface area contributed by atoms with Crippen molar-refractivity contribution in [3.05, 3.63) is 47.3 Å². The van der Waals surface area contributed by atoms with Gasteiger partial charge in [-0.15, -0.1) is 0 Å². The van der Waals surface area contributed by atoms with Crippen LogP contribution in [0.5, 0.6) is 17.2 Å². The van der Waals surface area contributed by atoms with Gasteiger partial charge >= 0.3 is 6.11 Å². The van der Waals surface area contributed by atoms with Crippen LogP contribution in [0.3, 0.4) is 0 Å². The van der Waals surface area contributed by atoms with E-state index < -0.39 is 49.5 Å². The van der Waals surface area contributed by atoms with Crippen molar-refractivity contribution in [1.82, 2.24) is 0 Å². The number of nitrogens with zero attached hydrogens (tertiary/aromatic N) is 1. The molecule has 0 spiro atoms. The molecule has 6 nitrogen and oxygen atoms in total. The number of carbonyl (C=O) groups is 1. The van der Waals surface area contributed by atoms with Gasteiger partial charge in [0.2, 0.25) is 0 Å². The fraction of sp³-hybridized carbons (Fsp3) is 0.125. The van der Waals surface area contributed by atoms with Crippen LogP contribution in [0.25, 0.3) is 0 Å². The summed E-state index contributed by atoms with van der Waals surface area (Å²) in [6, 6.07) is 6.55. The van der Waals surface area contributed by atoms with Gasteiger partial charge in [-0.1, -0.05) is 0 Å². The number of benzene rings is 2. The second kappa shape index (κ2) is 5.74. The fourth-order valence-corrected chi connectivity index (χ4v) is 3.26. The Morgan fingerprint density at radius 3 is 2.54 bits per heavy atom. The zero-order chi connectivity index (χ0) is 19.3. The largest absolute Gasteiger partial charge is 0.466 e. The van der Waals surface area contributed by atoms with E-state index in [4.69, 9.17) is 10.00 Å². The van der Waals surface area contributed by atoms with Gasteiger partial charge in [-0.25, -0.2) is 12.8 Å². The average Bonchev–Trinajstić information content (AvgIpc) is 2.77. The van der Waals surface area contributed by atoms with E-state index in [0.717, 1.165) is 36.6 Å². The van der Waals surface area contributed by atoms with Crippen molar-refractivity contribution in [3.8, 4) is 23.3 Å². The number of fused-ring (bicyclic) bond motifs is 1. The van der Waals surface area contributed by atoms with E-state index >= 15 is 0 Å². The molecule has 2 aromatic rings. The summed E-state index contributed by atoms with van der Waals surface area (Å²) in [6.45, 7) is 0. The molecule has 26 heavy (non-hydrogen) atoms. The molecule has 3 rings (SSSR count). The molecule has 134 valence electrons. The van der Waals surface area contributed by atoms with Gasteiger partial charge < -0.3 is 9.47 Å². The summed E-state index contributed by atoms with van der Waals surface area (Å²) in [4.78, 5) is 11.2. The van der Waals surface area contributed by atoms with Gasteiger partial charge in [0.05, 0.1) is 22.1 Å². The molecule has 0 unspecified atom stereocenters. The van der Waals surface area contributed by atoms with Gasteiger partial charge in [0.15, 0.2) is 21.3 Å². The number of alkyl halides is 2. The van der Waals surface area contributed by atoms with Crippen LogP contribution in [0.1, 0.15) is 15.9 Å². The molecular formula is C16H8F3NO5S. The summed E-state index contributed by atoms with van der Waals surface area (Å²) in [5.41, 5.74) is -0.932. The van der Waals surface area contributed by atoms with Crippen LogP contribution in [-0.4, -0.2) is 26.6 Å². The Morgan fingerprint density at radius 2 is 1.92 bits per heavy atom. The monoisotopic (exact) mass is 383 g/mol. The minimum Gasteiger partial charge on any atom is -0.453 e. The van der Waals surface area contributed by atoms with Crippen molar-refractivity contribution in [3.63, 3.8) is 0 Å². The van der Waals surface area contributed by atoms with Gasteiger partial charge in [-0.3, -0.25) is 4.79 Å². The Labute approximate surface area is 145 Å². The lowest BCUT2D eigenvalue weighted by Crippen LogP contribution is -2.28. The van der Waals surface area contributed by atoms with Crippen LogP contribution >= 0.6 is 0 Å². The van der Waals surface area contributed by atoms with Crippen molar-refractivity contribution in [2.45, 2.75) is 11.0 Å². The van der Waals surface area contributed by atoms with Crippen molar-refractivity contribution in [2.75, 3.05) is 6.26 Å². The first-order chi connectivity index (χ1) is 12.0. The first kappa shape index (κ1) is 17.8. The smallest absolute Gasteiger partial charge is 0.453 e. The van der Waals surface area contributed by atoms with Crippen molar-refractivity contribution in [1.29, 1.82) is 5.26 Å². The van der Waals surface area contributed by atoms with Crippen molar-refractivity contribution >= 4 is 15.6 Å². The van der Waals surface area contributed by atoms with E-state index in [0.29, 0.717) is 0 Å². The van der Waals surface area contributed by atoms with Crippen LogP contribution in [0.15, 0.2) is 35.2 Å². The van der Waals surface area contributed by atoms with Crippen LogP contribution in [0.4, 0.5) is 13.2 Å². The molecular weight excluding hydrogens is 375 g/mol. The normalized spacial score (nSPS) is 15.1. The molecule has 1 heterocycles. The number of hydrogen-bond acceptors (Lipinski definition) is 6. The minimum atomic E-state index is -4.26. The standard InChI is InChI=1S/C16H8F3NO5S/c1-26(22,23)12-3-2-11(14-13(12)15(21)16(18,19)25-14)24-10-5-8(7-20)4-9(17)6-10/h2-6H,1H3. The number of hydrogen-bond donors (Lipinski definition) is 0. The van der Waals surface area contributed by atoms with E-state index in [1.807, 2.05) is 0 Å². The van der Waals surface area contributed by atoms with E-state index in [-0.39, 0.29) is 11.3 Å². The molecule has 1 aliphatic rings. The molecule has 0 fully saturated rings. The molecule has 0 radical (unpaired) electrons. The predicted molar refractivity (Wildman–Crippen MR) is 80.6 cm³/mol. The Bertz CT molecular complexity index is 1090. The molecule has 0 saturated carbocycles. The Balaban J connectivity index is 2.16. The summed E-state index contributed by atoms with van der Waals surface area (Å²) in [5, 5.41) is 8.83. The SMILES string of the molecule is CS(=O)(=O)c1ccc(Oc2cc(F)cc(C#N)c2)c2c1C(=O)C(F)(F)O2. The lowest BCUT2D eigenvalue weighted by atomic mass is 10.1. The first-order valence-corrected chi connectivity index (χ1v) is 8.79. The maximum absolute atomic E-state index is 13.7. The third kappa shape index (κ3) is 2.97. The molecule has 0 atom stereocenters. The highest BCUT2D eigenvalue weighted by molar-refractivity contribution is 7.90. The lowest BCUT2D eigenvalue weighted by Gasteiger charge is -2.12. The Kier molecular flexibility index (Phi) is 3.92. The minimum absolute atomic E-state index is 0.0910. The second-order valence-electron chi connectivity index (χ2n) is 5.38. The fourth-order valence-electron chi connectivity index (χ4n) is 2.38. The molecule has 0 N–H and O–H groups in total. The molecule has 0 aliphatic carbocycles. The van der Waals surface area contributed by atoms with E-state index in [9.17, 15) is 26.4 Å². The number of nitriles is 1. The quantitative estimate of drug-likeness (QED) is 0.809. The molecule has 2 aromatic carbocycles. The van der Waals surface area contributed by atoms with Gasteiger partial charge in [0, 0.05) is 12.3 Å². The third-order valence-electron chi connectivity index (χ3n) is 3.43. The van der Waals surface area contributed by atoms with Crippen LogP contribution in [0.2, 0.25) is 0 Å². The topological polar surface area (TPSA) is 93.5 Å². The average molecular weight is 383 g/mol. The van der Waals surface area contributed by atoms with Gasteiger partial charge in [-0.2, -0.15) is 14.0 Å². The zero-order valence-corrected chi connectivity index (χ0v) is 13.7. The van der Waals surface area contributed by atoms with E-state index in [2.05, 4.69) is 4.74 Å². The molecule has 0 aromatic heterocycles. The van der Waals surface area contributed by atoms with Gasteiger partial charge in [0.25, 0.3) is 5.78 Å². The molecule has 0 bridgehead atoms. The molecule has 0 saturated heterocycles. The summed E-state index contributed by atoms with van der Waals surface area (Å²) < 4.78 is 73.9. The summed E-state index contributed by atoms with van der Waals surface area (Å²) in [7, 11) is -4.01. The number of ether oxygens (including phenoxy) is 2. The first-order valence-electron chi connectivity index (χ1n) is 6.90. The summed E-state index contributed by atoms with van der Waals surface area (Å²) in [5.74, 6) is -4.05. The number of carbonyl (C=O) groups excluding carboxylic acids is 1. The molecule has 0 amide bonds. The number of sulfone groups is 1. The zero-order valence-electron chi connectivity index (χ0n) is 12.9.